The Hall–Kier alpha value is -1.35. The molecule has 0 saturated heterocycles. The summed E-state index contributed by atoms with van der Waals surface area (Å²) in [6, 6.07) is 9.30. The van der Waals surface area contributed by atoms with Crippen molar-refractivity contribution >= 4 is 41.5 Å². The number of nitrogens with one attached hydrogen (secondary N) is 3. The lowest BCUT2D eigenvalue weighted by molar-refractivity contribution is -0.114. The zero-order valence-corrected chi connectivity index (χ0v) is 18.4. The van der Waals surface area contributed by atoms with Crippen molar-refractivity contribution in [2.75, 3.05) is 25.0 Å². The van der Waals surface area contributed by atoms with E-state index in [9.17, 15) is 9.90 Å². The maximum Gasteiger partial charge on any atom is 0.246 e. The second-order valence-corrected chi connectivity index (χ2v) is 6.19. The van der Waals surface area contributed by atoms with Gasteiger partial charge in [0.1, 0.15) is 6.54 Å². The van der Waals surface area contributed by atoms with Gasteiger partial charge in [-0.05, 0) is 31.9 Å². The molecule has 1 aromatic carbocycles. The third kappa shape index (κ3) is 9.96. The molecule has 7 heteroatoms. The maximum atomic E-state index is 12.0. The highest BCUT2D eigenvalue weighted by Gasteiger charge is 2.24. The number of amides is 1. The highest BCUT2D eigenvalue weighted by atomic mass is 127. The van der Waals surface area contributed by atoms with Gasteiger partial charge in [0.2, 0.25) is 5.91 Å². The van der Waals surface area contributed by atoms with Crippen molar-refractivity contribution < 1.29 is 9.90 Å². The molecule has 0 spiro atoms. The van der Waals surface area contributed by atoms with E-state index in [4.69, 9.17) is 0 Å². The van der Waals surface area contributed by atoms with Crippen LogP contribution in [0, 0.1) is 0 Å². The Morgan fingerprint density at radius 1 is 1.08 bits per heavy atom. The molecule has 0 saturated carbocycles. The Morgan fingerprint density at radius 3 is 2.23 bits per heavy atom. The number of benzene rings is 1. The average molecular weight is 476 g/mol. The summed E-state index contributed by atoms with van der Waals surface area (Å²) in [7, 11) is 0. The van der Waals surface area contributed by atoms with E-state index in [1.54, 1.807) is 0 Å². The Bertz CT molecular complexity index is 532. The molecule has 0 aliphatic rings. The summed E-state index contributed by atoms with van der Waals surface area (Å²) in [5.41, 5.74) is 0.00680. The predicted octanol–water partition coefficient (Wildman–Crippen LogP) is 3.13. The van der Waals surface area contributed by atoms with Crippen molar-refractivity contribution in [2.24, 2.45) is 4.99 Å². The third-order valence-corrected chi connectivity index (χ3v) is 3.80. The van der Waals surface area contributed by atoms with Crippen molar-refractivity contribution in [3.8, 4) is 0 Å². The number of anilines is 1. The standard InChI is InChI=1S/C19H32N4O2.HI/c1-4-12-19(25,13-5-2)15-22-18(20-6-3)21-14-17(24)23-16-10-8-7-9-11-16;/h7-11,25H,4-6,12-15H2,1-3H3,(H,23,24)(H2,20,21,22);1H. The van der Waals surface area contributed by atoms with Gasteiger partial charge in [0.05, 0.1) is 5.60 Å². The van der Waals surface area contributed by atoms with Gasteiger partial charge < -0.3 is 21.1 Å². The summed E-state index contributed by atoms with van der Waals surface area (Å²) in [4.78, 5) is 16.3. The number of hydrogen-bond acceptors (Lipinski definition) is 3. The van der Waals surface area contributed by atoms with E-state index in [1.165, 1.54) is 0 Å². The molecule has 6 nitrogen and oxygen atoms in total. The van der Waals surface area contributed by atoms with Crippen molar-refractivity contribution in [2.45, 2.75) is 52.1 Å². The van der Waals surface area contributed by atoms with Crippen LogP contribution >= 0.6 is 24.0 Å². The monoisotopic (exact) mass is 476 g/mol. The number of para-hydroxylation sites is 1. The van der Waals surface area contributed by atoms with Crippen LogP contribution in [0.1, 0.15) is 46.5 Å². The van der Waals surface area contributed by atoms with Crippen molar-refractivity contribution in [3.05, 3.63) is 30.3 Å². The predicted molar refractivity (Wildman–Crippen MR) is 119 cm³/mol. The second kappa shape index (κ2) is 13.8. The molecule has 148 valence electrons. The molecule has 0 aliphatic carbocycles. The van der Waals surface area contributed by atoms with E-state index in [-0.39, 0.29) is 36.4 Å². The minimum absolute atomic E-state index is 0. The summed E-state index contributed by atoms with van der Waals surface area (Å²) < 4.78 is 0. The molecule has 1 aromatic rings. The van der Waals surface area contributed by atoms with Gasteiger partial charge in [0, 0.05) is 18.8 Å². The summed E-state index contributed by atoms with van der Waals surface area (Å²) in [5, 5.41) is 19.7. The quantitative estimate of drug-likeness (QED) is 0.238. The van der Waals surface area contributed by atoms with Gasteiger partial charge in [0.25, 0.3) is 0 Å². The second-order valence-electron chi connectivity index (χ2n) is 6.19. The lowest BCUT2D eigenvalue weighted by atomic mass is 9.93. The first kappa shape index (κ1) is 24.7. The van der Waals surface area contributed by atoms with Crippen molar-refractivity contribution in [1.29, 1.82) is 0 Å². The SMILES string of the molecule is CCCC(O)(CCC)CNC(=NCC(=O)Nc1ccccc1)NCC.I. The van der Waals surface area contributed by atoms with Gasteiger partial charge in [-0.25, -0.2) is 4.99 Å². The van der Waals surface area contributed by atoms with E-state index < -0.39 is 5.60 Å². The Labute approximate surface area is 174 Å². The first-order chi connectivity index (χ1) is 12.0. The highest BCUT2D eigenvalue weighted by Crippen LogP contribution is 2.18. The molecule has 0 atom stereocenters. The van der Waals surface area contributed by atoms with E-state index in [1.807, 2.05) is 37.3 Å². The first-order valence-electron chi connectivity index (χ1n) is 9.12. The van der Waals surface area contributed by atoms with Crippen molar-refractivity contribution in [1.82, 2.24) is 10.6 Å². The molecule has 26 heavy (non-hydrogen) atoms. The molecule has 4 N–H and O–H groups in total. The third-order valence-electron chi connectivity index (χ3n) is 3.80. The van der Waals surface area contributed by atoms with Crippen LogP contribution in [0.4, 0.5) is 5.69 Å². The number of nitrogens with zero attached hydrogens (tertiary/aromatic N) is 1. The van der Waals surface area contributed by atoms with Gasteiger partial charge in [0.15, 0.2) is 5.96 Å². The molecule has 0 aliphatic heterocycles. The van der Waals surface area contributed by atoms with Crippen LogP contribution in [0.2, 0.25) is 0 Å². The fourth-order valence-corrected chi connectivity index (χ4v) is 2.70. The van der Waals surface area contributed by atoms with Crippen LogP contribution in [0.5, 0.6) is 0 Å². The molecule has 0 heterocycles. The summed E-state index contributed by atoms with van der Waals surface area (Å²) in [6.07, 6.45) is 3.32. The fraction of sp³-hybridized carbons (Fsp3) is 0.579. The first-order valence-corrected chi connectivity index (χ1v) is 9.12. The lowest BCUT2D eigenvalue weighted by Crippen LogP contribution is -2.47. The Morgan fingerprint density at radius 2 is 1.69 bits per heavy atom. The van der Waals surface area contributed by atoms with Gasteiger partial charge in [-0.15, -0.1) is 24.0 Å². The van der Waals surface area contributed by atoms with Gasteiger partial charge in [-0.2, -0.15) is 0 Å². The summed E-state index contributed by atoms with van der Waals surface area (Å²) in [6.45, 7) is 7.21. The Kier molecular flexibility index (Phi) is 13.1. The van der Waals surface area contributed by atoms with Gasteiger partial charge in [-0.3, -0.25) is 4.79 Å². The minimum atomic E-state index is -0.744. The highest BCUT2D eigenvalue weighted by molar-refractivity contribution is 14.0. The molecule has 0 fully saturated rings. The molecule has 0 bridgehead atoms. The number of hydrogen-bond donors (Lipinski definition) is 4. The molecular weight excluding hydrogens is 443 g/mol. The zero-order valence-electron chi connectivity index (χ0n) is 16.0. The number of carbonyl (C=O) groups excluding carboxylic acids is 1. The van der Waals surface area contributed by atoms with Gasteiger partial charge >= 0.3 is 0 Å². The van der Waals surface area contributed by atoms with Crippen LogP contribution in [0.25, 0.3) is 0 Å². The van der Waals surface area contributed by atoms with Crippen LogP contribution in [0.3, 0.4) is 0 Å². The minimum Gasteiger partial charge on any atom is -0.388 e. The summed E-state index contributed by atoms with van der Waals surface area (Å²) in [5.74, 6) is 0.358. The lowest BCUT2D eigenvalue weighted by Gasteiger charge is -2.28. The van der Waals surface area contributed by atoms with Crippen LogP contribution in [-0.2, 0) is 4.79 Å². The van der Waals surface area contributed by atoms with Crippen LogP contribution < -0.4 is 16.0 Å². The zero-order chi connectivity index (χ0) is 18.5. The number of aliphatic imine (C=N–C) groups is 1. The van der Waals surface area contributed by atoms with E-state index in [0.717, 1.165) is 31.4 Å². The molecule has 0 unspecified atom stereocenters. The molecular formula is C19H33IN4O2. The maximum absolute atomic E-state index is 12.0. The van der Waals surface area contributed by atoms with E-state index in [0.29, 0.717) is 19.0 Å². The molecule has 1 amide bonds. The van der Waals surface area contributed by atoms with E-state index >= 15 is 0 Å². The molecule has 0 aromatic heterocycles. The fourth-order valence-electron chi connectivity index (χ4n) is 2.70. The average Bonchev–Trinajstić information content (AvgIpc) is 2.59. The topological polar surface area (TPSA) is 85.8 Å². The van der Waals surface area contributed by atoms with Crippen LogP contribution in [0.15, 0.2) is 35.3 Å². The van der Waals surface area contributed by atoms with Gasteiger partial charge in [-0.1, -0.05) is 44.9 Å². The van der Waals surface area contributed by atoms with E-state index in [2.05, 4.69) is 34.8 Å². The Balaban J connectivity index is 0.00000625. The number of guanidine groups is 1. The molecule has 0 radical (unpaired) electrons. The summed E-state index contributed by atoms with van der Waals surface area (Å²) >= 11 is 0. The van der Waals surface area contributed by atoms with Crippen LogP contribution in [-0.4, -0.2) is 42.2 Å². The number of carbonyl (C=O) groups is 1. The largest absolute Gasteiger partial charge is 0.388 e. The molecule has 1 rings (SSSR count). The van der Waals surface area contributed by atoms with Crippen molar-refractivity contribution in [3.63, 3.8) is 0 Å². The number of halogens is 1. The number of aliphatic hydroxyl groups is 1. The smallest absolute Gasteiger partial charge is 0.246 e. The number of rotatable bonds is 10. The normalized spacial score (nSPS) is 11.5.